The van der Waals surface area contributed by atoms with Crippen LogP contribution in [0, 0.1) is 29.6 Å². The molecule has 3 nitrogen and oxygen atoms in total. The van der Waals surface area contributed by atoms with E-state index in [2.05, 4.69) is 0 Å². The minimum atomic E-state index is -0.989. The first-order valence-electron chi connectivity index (χ1n) is 7.81. The first-order chi connectivity index (χ1) is 8.90. The summed E-state index contributed by atoms with van der Waals surface area (Å²) in [4.78, 5) is 11.9. The van der Waals surface area contributed by atoms with Gasteiger partial charge in [-0.15, -0.1) is 0 Å². The second-order valence-corrected chi connectivity index (χ2v) is 7.54. The number of carboxylic acids is 1. The first-order valence-corrected chi connectivity index (χ1v) is 7.81. The predicted octanol–water partition coefficient (Wildman–Crippen LogP) is 3.33. The number of hydrogen-bond donors (Lipinski definition) is 1. The molecule has 0 saturated heterocycles. The Bertz CT molecular complexity index is 348. The van der Waals surface area contributed by atoms with Crippen LogP contribution in [0.4, 0.5) is 0 Å². The van der Waals surface area contributed by atoms with Gasteiger partial charge in [0.2, 0.25) is 0 Å². The molecule has 0 aromatic rings. The third kappa shape index (κ3) is 2.10. The van der Waals surface area contributed by atoms with Crippen LogP contribution in [0.2, 0.25) is 0 Å². The third-order valence-electron chi connectivity index (χ3n) is 5.77. The van der Waals surface area contributed by atoms with Crippen LogP contribution in [0.3, 0.4) is 0 Å². The van der Waals surface area contributed by atoms with Crippen molar-refractivity contribution >= 4 is 5.97 Å². The number of hydrogen-bond acceptors (Lipinski definition) is 2. The number of carbonyl (C=O) groups is 1. The highest BCUT2D eigenvalue weighted by atomic mass is 16.5. The zero-order valence-corrected chi connectivity index (χ0v) is 12.3. The van der Waals surface area contributed by atoms with Crippen molar-refractivity contribution in [2.45, 2.75) is 64.6 Å². The van der Waals surface area contributed by atoms with E-state index in [1.54, 1.807) is 0 Å². The molecule has 0 aromatic carbocycles. The largest absolute Gasteiger partial charge is 0.479 e. The first kappa shape index (κ1) is 13.4. The van der Waals surface area contributed by atoms with Crippen LogP contribution in [-0.4, -0.2) is 22.8 Å². The second-order valence-electron chi connectivity index (χ2n) is 7.54. The maximum atomic E-state index is 11.9. The Morgan fingerprint density at radius 3 is 1.95 bits per heavy atom. The van der Waals surface area contributed by atoms with Gasteiger partial charge >= 0.3 is 5.97 Å². The highest BCUT2D eigenvalue weighted by molar-refractivity contribution is 5.77. The van der Waals surface area contributed by atoms with E-state index < -0.39 is 11.6 Å². The van der Waals surface area contributed by atoms with E-state index in [1.165, 1.54) is 32.1 Å². The second kappa shape index (κ2) is 4.47. The van der Waals surface area contributed by atoms with Gasteiger partial charge in [0.05, 0.1) is 6.10 Å². The molecule has 0 aliphatic heterocycles. The SMILES string of the molecule is CC(C)OC(C)(C(=O)O)C1C2CC3CC(C2)CC1C3. The molecular weight excluding hydrogens is 240 g/mol. The van der Waals surface area contributed by atoms with Gasteiger partial charge in [0.1, 0.15) is 0 Å². The summed E-state index contributed by atoms with van der Waals surface area (Å²) in [6.07, 6.45) is 6.32. The molecule has 4 saturated carbocycles. The zero-order valence-electron chi connectivity index (χ0n) is 12.3. The summed E-state index contributed by atoms with van der Waals surface area (Å²) in [5.41, 5.74) is -0.989. The topological polar surface area (TPSA) is 46.5 Å². The average molecular weight is 266 g/mol. The molecule has 1 atom stereocenters. The van der Waals surface area contributed by atoms with Crippen LogP contribution in [0.1, 0.15) is 52.9 Å². The number of aliphatic carboxylic acids is 1. The van der Waals surface area contributed by atoms with Gasteiger partial charge in [-0.25, -0.2) is 4.79 Å². The van der Waals surface area contributed by atoms with Crippen LogP contribution in [-0.2, 0) is 9.53 Å². The molecule has 0 amide bonds. The monoisotopic (exact) mass is 266 g/mol. The van der Waals surface area contributed by atoms with E-state index in [-0.39, 0.29) is 12.0 Å². The van der Waals surface area contributed by atoms with Gasteiger partial charge < -0.3 is 9.84 Å². The molecule has 1 unspecified atom stereocenters. The van der Waals surface area contributed by atoms with Crippen molar-refractivity contribution in [1.82, 2.24) is 0 Å². The van der Waals surface area contributed by atoms with E-state index in [9.17, 15) is 9.90 Å². The van der Waals surface area contributed by atoms with E-state index in [0.29, 0.717) is 11.8 Å². The molecule has 4 fully saturated rings. The third-order valence-corrected chi connectivity index (χ3v) is 5.77. The molecule has 1 N–H and O–H groups in total. The Morgan fingerprint density at radius 2 is 1.58 bits per heavy atom. The van der Waals surface area contributed by atoms with E-state index >= 15 is 0 Å². The highest BCUT2D eigenvalue weighted by Crippen LogP contribution is 2.59. The maximum absolute atomic E-state index is 11.9. The molecule has 0 aromatic heterocycles. The van der Waals surface area contributed by atoms with Crippen molar-refractivity contribution in [3.8, 4) is 0 Å². The van der Waals surface area contributed by atoms with Crippen LogP contribution < -0.4 is 0 Å². The van der Waals surface area contributed by atoms with Crippen LogP contribution in [0.15, 0.2) is 0 Å². The van der Waals surface area contributed by atoms with Crippen molar-refractivity contribution in [3.05, 3.63) is 0 Å². The molecule has 4 bridgehead atoms. The minimum Gasteiger partial charge on any atom is -0.479 e. The number of carboxylic acid groups (broad SMARTS) is 1. The van der Waals surface area contributed by atoms with Gasteiger partial charge in [-0.3, -0.25) is 0 Å². The van der Waals surface area contributed by atoms with Crippen molar-refractivity contribution in [3.63, 3.8) is 0 Å². The molecule has 4 rings (SSSR count). The lowest BCUT2D eigenvalue weighted by molar-refractivity contribution is -0.204. The van der Waals surface area contributed by atoms with Gasteiger partial charge in [-0.1, -0.05) is 0 Å². The fourth-order valence-electron chi connectivity index (χ4n) is 5.59. The molecular formula is C16H26O3. The summed E-state index contributed by atoms with van der Waals surface area (Å²) in [5, 5.41) is 9.74. The Balaban J connectivity index is 1.88. The van der Waals surface area contributed by atoms with Crippen molar-refractivity contribution in [2.75, 3.05) is 0 Å². The fourth-order valence-corrected chi connectivity index (χ4v) is 5.59. The van der Waals surface area contributed by atoms with Crippen molar-refractivity contribution < 1.29 is 14.6 Å². The predicted molar refractivity (Wildman–Crippen MR) is 72.8 cm³/mol. The smallest absolute Gasteiger partial charge is 0.336 e. The van der Waals surface area contributed by atoms with Crippen LogP contribution in [0.25, 0.3) is 0 Å². The maximum Gasteiger partial charge on any atom is 0.336 e. The summed E-state index contributed by atoms with van der Waals surface area (Å²) in [7, 11) is 0. The molecule has 0 radical (unpaired) electrons. The summed E-state index contributed by atoms with van der Waals surface area (Å²) < 4.78 is 5.93. The van der Waals surface area contributed by atoms with Crippen molar-refractivity contribution in [1.29, 1.82) is 0 Å². The average Bonchev–Trinajstić information content (AvgIpc) is 2.25. The Labute approximate surface area is 115 Å². The van der Waals surface area contributed by atoms with Crippen LogP contribution in [0.5, 0.6) is 0 Å². The van der Waals surface area contributed by atoms with Crippen LogP contribution >= 0.6 is 0 Å². The number of ether oxygens (including phenoxy) is 1. The van der Waals surface area contributed by atoms with Crippen molar-refractivity contribution in [2.24, 2.45) is 29.6 Å². The Kier molecular flexibility index (Phi) is 3.16. The quantitative estimate of drug-likeness (QED) is 0.849. The zero-order chi connectivity index (χ0) is 13.8. The molecule has 0 spiro atoms. The summed E-state index contributed by atoms with van der Waals surface area (Å²) in [6, 6.07) is 0. The lowest BCUT2D eigenvalue weighted by Gasteiger charge is -2.58. The van der Waals surface area contributed by atoms with Gasteiger partial charge in [-0.2, -0.15) is 0 Å². The summed E-state index contributed by atoms with van der Waals surface area (Å²) >= 11 is 0. The fraction of sp³-hybridized carbons (Fsp3) is 0.938. The molecule has 4 aliphatic rings. The molecule has 108 valence electrons. The minimum absolute atomic E-state index is 0.0294. The summed E-state index contributed by atoms with van der Waals surface area (Å²) in [5.74, 6) is 2.36. The van der Waals surface area contributed by atoms with E-state index in [0.717, 1.165) is 11.8 Å². The molecule has 4 aliphatic carbocycles. The molecule has 19 heavy (non-hydrogen) atoms. The molecule has 3 heteroatoms. The molecule has 0 heterocycles. The van der Waals surface area contributed by atoms with E-state index in [1.807, 2.05) is 20.8 Å². The highest BCUT2D eigenvalue weighted by Gasteiger charge is 2.57. The van der Waals surface area contributed by atoms with Gasteiger partial charge in [0.25, 0.3) is 0 Å². The lowest BCUT2D eigenvalue weighted by Crippen LogP contribution is -2.58. The Hall–Kier alpha value is -0.570. The van der Waals surface area contributed by atoms with E-state index in [4.69, 9.17) is 4.74 Å². The van der Waals surface area contributed by atoms with Gasteiger partial charge in [0.15, 0.2) is 5.60 Å². The Morgan fingerprint density at radius 1 is 1.11 bits per heavy atom. The van der Waals surface area contributed by atoms with Gasteiger partial charge in [-0.05, 0) is 76.5 Å². The lowest BCUT2D eigenvalue weighted by atomic mass is 9.49. The standard InChI is InChI=1S/C16H26O3/c1-9(2)19-16(3,15(17)18)14-12-5-10-4-11(7-12)8-13(14)6-10/h9-14H,4-8H2,1-3H3,(H,17,18). The normalized spacial score (nSPS) is 43.5. The number of rotatable bonds is 4. The summed E-state index contributed by atoms with van der Waals surface area (Å²) in [6.45, 7) is 5.71. The van der Waals surface area contributed by atoms with Gasteiger partial charge in [0, 0.05) is 5.92 Å².